The minimum atomic E-state index is -0.766. The SMILES string of the molecule is CC1(C)CCC2=C(C1)C(C(=O)O)[C@H](N)S2. The molecule has 84 valence electrons. The molecule has 2 rings (SSSR count). The summed E-state index contributed by atoms with van der Waals surface area (Å²) in [6.07, 6.45) is 3.03. The topological polar surface area (TPSA) is 63.3 Å². The highest BCUT2D eigenvalue weighted by atomic mass is 32.2. The summed E-state index contributed by atoms with van der Waals surface area (Å²) >= 11 is 1.56. The smallest absolute Gasteiger partial charge is 0.313 e. The lowest BCUT2D eigenvalue weighted by molar-refractivity contribution is -0.140. The second-order valence-electron chi connectivity index (χ2n) is 5.19. The number of carbonyl (C=O) groups is 1. The predicted molar refractivity (Wildman–Crippen MR) is 61.4 cm³/mol. The van der Waals surface area contributed by atoms with Crippen molar-refractivity contribution in [2.75, 3.05) is 0 Å². The second-order valence-corrected chi connectivity index (χ2v) is 6.46. The maximum atomic E-state index is 11.2. The molecule has 0 aromatic carbocycles. The summed E-state index contributed by atoms with van der Waals surface area (Å²) in [6.45, 7) is 4.40. The van der Waals surface area contributed by atoms with Gasteiger partial charge in [0.15, 0.2) is 0 Å². The maximum absolute atomic E-state index is 11.2. The van der Waals surface area contributed by atoms with Gasteiger partial charge in [-0.3, -0.25) is 4.79 Å². The molecule has 0 aromatic rings. The van der Waals surface area contributed by atoms with E-state index in [2.05, 4.69) is 13.8 Å². The first-order valence-electron chi connectivity index (χ1n) is 5.28. The molecule has 1 aliphatic carbocycles. The third-order valence-electron chi connectivity index (χ3n) is 3.30. The van der Waals surface area contributed by atoms with Crippen LogP contribution in [0.1, 0.15) is 33.1 Å². The van der Waals surface area contributed by atoms with Gasteiger partial charge < -0.3 is 10.8 Å². The fraction of sp³-hybridized carbons (Fsp3) is 0.727. The van der Waals surface area contributed by atoms with Crippen molar-refractivity contribution >= 4 is 17.7 Å². The molecule has 0 fully saturated rings. The quantitative estimate of drug-likeness (QED) is 0.720. The number of nitrogens with two attached hydrogens (primary N) is 1. The van der Waals surface area contributed by atoms with E-state index in [0.717, 1.165) is 24.8 Å². The molecular formula is C11H17NO2S. The largest absolute Gasteiger partial charge is 0.481 e. The molecule has 2 atom stereocenters. The van der Waals surface area contributed by atoms with Gasteiger partial charge in [-0.2, -0.15) is 0 Å². The van der Waals surface area contributed by atoms with Crippen molar-refractivity contribution in [1.82, 2.24) is 0 Å². The summed E-state index contributed by atoms with van der Waals surface area (Å²) in [6, 6.07) is 0. The van der Waals surface area contributed by atoms with Gasteiger partial charge in [0.2, 0.25) is 0 Å². The monoisotopic (exact) mass is 227 g/mol. The maximum Gasteiger partial charge on any atom is 0.313 e. The summed E-state index contributed by atoms with van der Waals surface area (Å²) in [5, 5.41) is 8.89. The van der Waals surface area contributed by atoms with Gasteiger partial charge >= 0.3 is 5.97 Å². The van der Waals surface area contributed by atoms with E-state index in [0.29, 0.717) is 0 Å². The van der Waals surface area contributed by atoms with E-state index < -0.39 is 11.9 Å². The van der Waals surface area contributed by atoms with E-state index in [9.17, 15) is 4.79 Å². The molecular weight excluding hydrogens is 210 g/mol. The summed E-state index contributed by atoms with van der Waals surface area (Å²) in [5.41, 5.74) is 7.20. The molecule has 0 spiro atoms. The summed E-state index contributed by atoms with van der Waals surface area (Å²) in [4.78, 5) is 12.4. The number of hydrogen-bond donors (Lipinski definition) is 2. The van der Waals surface area contributed by atoms with Gasteiger partial charge in [-0.05, 0) is 35.2 Å². The zero-order valence-electron chi connectivity index (χ0n) is 9.12. The van der Waals surface area contributed by atoms with Crippen molar-refractivity contribution in [3.63, 3.8) is 0 Å². The summed E-state index contributed by atoms with van der Waals surface area (Å²) in [7, 11) is 0. The molecule has 0 saturated heterocycles. The average Bonchev–Trinajstić information content (AvgIpc) is 2.38. The molecule has 0 radical (unpaired) electrons. The number of thioether (sulfide) groups is 1. The molecule has 0 aromatic heterocycles. The average molecular weight is 227 g/mol. The Balaban J connectivity index is 2.29. The van der Waals surface area contributed by atoms with Crippen LogP contribution in [0.2, 0.25) is 0 Å². The zero-order chi connectivity index (χ0) is 11.2. The Kier molecular flexibility index (Phi) is 2.59. The fourth-order valence-corrected chi connectivity index (χ4v) is 3.77. The van der Waals surface area contributed by atoms with E-state index in [1.54, 1.807) is 11.8 Å². The van der Waals surface area contributed by atoms with Crippen molar-refractivity contribution in [3.8, 4) is 0 Å². The van der Waals surface area contributed by atoms with Crippen LogP contribution in [0.25, 0.3) is 0 Å². The number of hydrogen-bond acceptors (Lipinski definition) is 3. The van der Waals surface area contributed by atoms with E-state index in [1.165, 1.54) is 4.91 Å². The normalized spacial score (nSPS) is 34.1. The van der Waals surface area contributed by atoms with E-state index in [1.807, 2.05) is 0 Å². The molecule has 4 heteroatoms. The highest BCUT2D eigenvalue weighted by molar-refractivity contribution is 8.03. The molecule has 15 heavy (non-hydrogen) atoms. The number of aliphatic carboxylic acids is 1. The fourth-order valence-electron chi connectivity index (χ4n) is 2.45. The lowest BCUT2D eigenvalue weighted by Gasteiger charge is -2.31. The van der Waals surface area contributed by atoms with Crippen LogP contribution in [0.4, 0.5) is 0 Å². The Hall–Kier alpha value is -0.480. The molecule has 1 heterocycles. The first-order valence-corrected chi connectivity index (χ1v) is 6.16. The van der Waals surface area contributed by atoms with Gasteiger partial charge in [0.1, 0.15) is 5.92 Å². The first kappa shape index (κ1) is 11.0. The Labute approximate surface area is 94.1 Å². The number of carboxylic acids is 1. The van der Waals surface area contributed by atoms with Crippen LogP contribution in [0.15, 0.2) is 10.5 Å². The summed E-state index contributed by atoms with van der Waals surface area (Å²) < 4.78 is 0. The third kappa shape index (κ3) is 1.93. The van der Waals surface area contributed by atoms with Gasteiger partial charge in [0.25, 0.3) is 0 Å². The van der Waals surface area contributed by atoms with Gasteiger partial charge in [0.05, 0.1) is 5.37 Å². The molecule has 2 aliphatic rings. The Morgan fingerprint density at radius 1 is 1.60 bits per heavy atom. The van der Waals surface area contributed by atoms with Gasteiger partial charge in [-0.25, -0.2) is 0 Å². The molecule has 0 amide bonds. The van der Waals surface area contributed by atoms with Crippen LogP contribution in [-0.2, 0) is 4.79 Å². The van der Waals surface area contributed by atoms with E-state index in [-0.39, 0.29) is 10.8 Å². The molecule has 0 bridgehead atoms. The van der Waals surface area contributed by atoms with Crippen molar-refractivity contribution < 1.29 is 9.90 Å². The molecule has 1 unspecified atom stereocenters. The Bertz CT molecular complexity index is 335. The summed E-state index contributed by atoms with van der Waals surface area (Å²) in [5.74, 6) is -1.22. The standard InChI is InChI=1S/C11H17NO2S/c1-11(2)4-3-7-6(5-11)8(10(13)14)9(12)15-7/h8-9H,3-5,12H2,1-2H3,(H,13,14)/t8?,9-/m1/s1. The highest BCUT2D eigenvalue weighted by Gasteiger charge is 2.42. The van der Waals surface area contributed by atoms with E-state index in [4.69, 9.17) is 10.8 Å². The van der Waals surface area contributed by atoms with Crippen LogP contribution in [-0.4, -0.2) is 16.4 Å². The van der Waals surface area contributed by atoms with Crippen LogP contribution >= 0.6 is 11.8 Å². The van der Waals surface area contributed by atoms with Crippen LogP contribution in [0.5, 0.6) is 0 Å². The lowest BCUT2D eigenvalue weighted by Crippen LogP contribution is -2.32. The molecule has 3 N–H and O–H groups in total. The van der Waals surface area contributed by atoms with Crippen LogP contribution in [0.3, 0.4) is 0 Å². The van der Waals surface area contributed by atoms with Crippen molar-refractivity contribution in [3.05, 3.63) is 10.5 Å². The van der Waals surface area contributed by atoms with E-state index >= 15 is 0 Å². The molecule has 0 saturated carbocycles. The van der Waals surface area contributed by atoms with Crippen molar-refractivity contribution in [2.24, 2.45) is 17.1 Å². The number of allylic oxidation sites excluding steroid dienone is 1. The zero-order valence-corrected chi connectivity index (χ0v) is 9.93. The second kappa shape index (κ2) is 3.52. The van der Waals surface area contributed by atoms with Gasteiger partial charge in [-0.15, -0.1) is 11.8 Å². The third-order valence-corrected chi connectivity index (χ3v) is 4.60. The number of carboxylic acid groups (broad SMARTS) is 1. The number of rotatable bonds is 1. The highest BCUT2D eigenvalue weighted by Crippen LogP contribution is 2.51. The van der Waals surface area contributed by atoms with Gasteiger partial charge in [0, 0.05) is 0 Å². The predicted octanol–water partition coefficient (Wildman–Crippen LogP) is 2.18. The molecule has 3 nitrogen and oxygen atoms in total. The Morgan fingerprint density at radius 3 is 2.87 bits per heavy atom. The Morgan fingerprint density at radius 2 is 2.27 bits per heavy atom. The lowest BCUT2D eigenvalue weighted by atomic mass is 9.74. The van der Waals surface area contributed by atoms with Gasteiger partial charge in [-0.1, -0.05) is 13.8 Å². The first-order chi connectivity index (χ1) is 6.91. The van der Waals surface area contributed by atoms with Crippen LogP contribution in [0, 0.1) is 11.3 Å². The minimum Gasteiger partial charge on any atom is -0.481 e. The van der Waals surface area contributed by atoms with Crippen LogP contribution < -0.4 is 5.73 Å². The molecule has 1 aliphatic heterocycles. The minimum absolute atomic E-state index is 0.233. The van der Waals surface area contributed by atoms with Crippen molar-refractivity contribution in [2.45, 2.75) is 38.5 Å². The van der Waals surface area contributed by atoms with Crippen molar-refractivity contribution in [1.29, 1.82) is 0 Å².